The first-order valence-corrected chi connectivity index (χ1v) is 7.57. The van der Waals surface area contributed by atoms with Gasteiger partial charge in [-0.1, -0.05) is 18.5 Å². The van der Waals surface area contributed by atoms with Crippen molar-refractivity contribution in [1.29, 1.82) is 0 Å². The van der Waals surface area contributed by atoms with E-state index in [1.165, 1.54) is 0 Å². The van der Waals surface area contributed by atoms with Gasteiger partial charge in [-0.05, 0) is 30.7 Å². The molecule has 1 aromatic carbocycles. The Balaban J connectivity index is 1.91. The summed E-state index contributed by atoms with van der Waals surface area (Å²) in [4.78, 5) is 27.5. The van der Waals surface area contributed by atoms with E-state index in [1.54, 1.807) is 29.2 Å². The second-order valence-corrected chi connectivity index (χ2v) is 5.45. The van der Waals surface area contributed by atoms with Crippen LogP contribution in [0, 0.1) is 0 Å². The van der Waals surface area contributed by atoms with Crippen LogP contribution in [0.4, 0.5) is 10.5 Å². The Morgan fingerprint density at radius 3 is 2.38 bits per heavy atom. The molecule has 1 fully saturated rings. The number of amides is 3. The molecule has 1 aliphatic rings. The van der Waals surface area contributed by atoms with Gasteiger partial charge in [0.15, 0.2) is 0 Å². The molecule has 0 atom stereocenters. The van der Waals surface area contributed by atoms with Crippen LogP contribution in [0.3, 0.4) is 0 Å². The zero-order valence-corrected chi connectivity index (χ0v) is 12.9. The number of nitrogens with one attached hydrogen (secondary N) is 1. The molecule has 0 aromatic heterocycles. The molecule has 1 saturated heterocycles. The fourth-order valence-corrected chi connectivity index (χ4v) is 2.46. The minimum absolute atomic E-state index is 0.136. The topological polar surface area (TPSA) is 52.7 Å². The second-order valence-electron chi connectivity index (χ2n) is 5.01. The van der Waals surface area contributed by atoms with Gasteiger partial charge in [-0.15, -0.1) is 0 Å². The van der Waals surface area contributed by atoms with Crippen molar-refractivity contribution in [3.05, 3.63) is 29.3 Å². The molecule has 1 N–H and O–H groups in total. The van der Waals surface area contributed by atoms with Gasteiger partial charge in [0.2, 0.25) is 5.91 Å². The van der Waals surface area contributed by atoms with E-state index in [9.17, 15) is 9.59 Å². The maximum absolute atomic E-state index is 12.2. The molecule has 21 heavy (non-hydrogen) atoms. The first-order chi connectivity index (χ1) is 10.1. The molecule has 0 saturated carbocycles. The largest absolute Gasteiger partial charge is 0.341 e. The van der Waals surface area contributed by atoms with Crippen LogP contribution in [-0.4, -0.2) is 47.9 Å². The summed E-state index contributed by atoms with van der Waals surface area (Å²) in [5.41, 5.74) is 0.718. The number of rotatable bonds is 2. The number of anilines is 1. The third-order valence-corrected chi connectivity index (χ3v) is 3.79. The summed E-state index contributed by atoms with van der Waals surface area (Å²) in [5.74, 6) is 0.148. The van der Waals surface area contributed by atoms with Crippen molar-refractivity contribution >= 4 is 29.2 Å². The lowest BCUT2D eigenvalue weighted by molar-refractivity contribution is -0.130. The van der Waals surface area contributed by atoms with E-state index in [0.717, 1.165) is 18.7 Å². The predicted molar refractivity (Wildman–Crippen MR) is 83.5 cm³/mol. The molecular formula is C15H20ClN3O2. The summed E-state index contributed by atoms with van der Waals surface area (Å²) in [6.07, 6.45) is 1.32. The SMILES string of the molecule is CCC(=O)N1CCCN(C(=O)Nc2ccc(Cl)cc2)CC1. The lowest BCUT2D eigenvalue weighted by atomic mass is 10.3. The van der Waals surface area contributed by atoms with Gasteiger partial charge in [-0.25, -0.2) is 4.79 Å². The molecule has 2 rings (SSSR count). The Kier molecular flexibility index (Phi) is 5.44. The van der Waals surface area contributed by atoms with Crippen molar-refractivity contribution in [3.8, 4) is 0 Å². The van der Waals surface area contributed by atoms with Crippen molar-refractivity contribution in [1.82, 2.24) is 9.80 Å². The van der Waals surface area contributed by atoms with Gasteiger partial charge in [0.1, 0.15) is 0 Å². The Morgan fingerprint density at radius 1 is 1.10 bits per heavy atom. The highest BCUT2D eigenvalue weighted by atomic mass is 35.5. The van der Waals surface area contributed by atoms with Gasteiger partial charge in [0.05, 0.1) is 0 Å². The maximum Gasteiger partial charge on any atom is 0.321 e. The predicted octanol–water partition coefficient (Wildman–Crippen LogP) is 2.82. The number of hydrogen-bond acceptors (Lipinski definition) is 2. The maximum atomic E-state index is 12.2. The number of halogens is 1. The molecule has 114 valence electrons. The third kappa shape index (κ3) is 4.36. The molecule has 0 aliphatic carbocycles. The average Bonchev–Trinajstić information content (AvgIpc) is 2.75. The minimum atomic E-state index is -0.136. The zero-order valence-electron chi connectivity index (χ0n) is 12.1. The van der Waals surface area contributed by atoms with Crippen LogP contribution < -0.4 is 5.32 Å². The van der Waals surface area contributed by atoms with Crippen molar-refractivity contribution in [2.24, 2.45) is 0 Å². The number of carbonyl (C=O) groups excluding carboxylic acids is 2. The van der Waals surface area contributed by atoms with E-state index in [2.05, 4.69) is 5.32 Å². The van der Waals surface area contributed by atoms with Crippen LogP contribution in [0.15, 0.2) is 24.3 Å². The molecule has 0 bridgehead atoms. The highest BCUT2D eigenvalue weighted by molar-refractivity contribution is 6.30. The fraction of sp³-hybridized carbons (Fsp3) is 0.467. The highest BCUT2D eigenvalue weighted by Gasteiger charge is 2.21. The highest BCUT2D eigenvalue weighted by Crippen LogP contribution is 2.14. The van der Waals surface area contributed by atoms with Gasteiger partial charge in [0.25, 0.3) is 0 Å². The van der Waals surface area contributed by atoms with Crippen molar-refractivity contribution in [2.75, 3.05) is 31.5 Å². The Labute approximate surface area is 129 Å². The molecule has 1 heterocycles. The van der Waals surface area contributed by atoms with Crippen molar-refractivity contribution in [3.63, 3.8) is 0 Å². The summed E-state index contributed by atoms with van der Waals surface area (Å²) in [6.45, 7) is 4.40. The number of urea groups is 1. The van der Waals surface area contributed by atoms with E-state index in [1.807, 2.05) is 11.8 Å². The van der Waals surface area contributed by atoms with E-state index < -0.39 is 0 Å². The molecule has 5 nitrogen and oxygen atoms in total. The summed E-state index contributed by atoms with van der Waals surface area (Å²) in [6, 6.07) is 6.88. The lowest BCUT2D eigenvalue weighted by Crippen LogP contribution is -2.39. The van der Waals surface area contributed by atoms with Crippen molar-refractivity contribution in [2.45, 2.75) is 19.8 Å². The number of hydrogen-bond donors (Lipinski definition) is 1. The molecule has 0 spiro atoms. The standard InChI is InChI=1S/C15H20ClN3O2/c1-2-14(20)18-8-3-9-19(11-10-18)15(21)17-13-6-4-12(16)5-7-13/h4-7H,2-3,8-11H2,1H3,(H,17,21). The first-order valence-electron chi connectivity index (χ1n) is 7.19. The summed E-state index contributed by atoms with van der Waals surface area (Å²) < 4.78 is 0. The molecule has 1 aliphatic heterocycles. The van der Waals surface area contributed by atoms with E-state index in [0.29, 0.717) is 31.1 Å². The fourth-order valence-electron chi connectivity index (χ4n) is 2.33. The van der Waals surface area contributed by atoms with E-state index in [-0.39, 0.29) is 11.9 Å². The molecular weight excluding hydrogens is 290 g/mol. The Hall–Kier alpha value is -1.75. The summed E-state index contributed by atoms with van der Waals surface area (Å²) >= 11 is 5.82. The number of benzene rings is 1. The molecule has 0 radical (unpaired) electrons. The molecule has 1 aromatic rings. The van der Waals surface area contributed by atoms with Gasteiger partial charge in [-0.3, -0.25) is 4.79 Å². The van der Waals surface area contributed by atoms with Crippen LogP contribution in [0.5, 0.6) is 0 Å². The molecule has 3 amide bonds. The van der Waals surface area contributed by atoms with Crippen molar-refractivity contribution < 1.29 is 9.59 Å². The summed E-state index contributed by atoms with van der Waals surface area (Å²) in [5, 5.41) is 3.49. The second kappa shape index (κ2) is 7.31. The van der Waals surface area contributed by atoms with Gasteiger partial charge >= 0.3 is 6.03 Å². The zero-order chi connectivity index (χ0) is 15.2. The Morgan fingerprint density at radius 2 is 1.71 bits per heavy atom. The average molecular weight is 310 g/mol. The van der Waals surface area contributed by atoms with Gasteiger partial charge in [0, 0.05) is 43.3 Å². The number of carbonyl (C=O) groups is 2. The first kappa shape index (κ1) is 15.6. The monoisotopic (exact) mass is 309 g/mol. The number of nitrogens with zero attached hydrogens (tertiary/aromatic N) is 2. The van der Waals surface area contributed by atoms with Crippen LogP contribution in [-0.2, 0) is 4.79 Å². The van der Waals surface area contributed by atoms with Crippen LogP contribution in [0.25, 0.3) is 0 Å². The normalized spacial score (nSPS) is 15.5. The minimum Gasteiger partial charge on any atom is -0.341 e. The van der Waals surface area contributed by atoms with E-state index in [4.69, 9.17) is 11.6 Å². The smallest absolute Gasteiger partial charge is 0.321 e. The molecule has 0 unspecified atom stereocenters. The van der Waals surface area contributed by atoms with Gasteiger partial charge < -0.3 is 15.1 Å². The van der Waals surface area contributed by atoms with Gasteiger partial charge in [-0.2, -0.15) is 0 Å². The summed E-state index contributed by atoms with van der Waals surface area (Å²) in [7, 11) is 0. The quantitative estimate of drug-likeness (QED) is 0.913. The third-order valence-electron chi connectivity index (χ3n) is 3.53. The molecule has 6 heteroatoms. The van der Waals surface area contributed by atoms with Crippen LogP contribution in [0.1, 0.15) is 19.8 Å². The lowest BCUT2D eigenvalue weighted by Gasteiger charge is -2.22. The van der Waals surface area contributed by atoms with E-state index >= 15 is 0 Å². The van der Waals surface area contributed by atoms with Crippen LogP contribution >= 0.6 is 11.6 Å². The van der Waals surface area contributed by atoms with Crippen LogP contribution in [0.2, 0.25) is 5.02 Å². The Bertz CT molecular complexity index is 504.